The van der Waals surface area contributed by atoms with Crippen LogP contribution in [0.3, 0.4) is 0 Å². The van der Waals surface area contributed by atoms with E-state index in [4.69, 9.17) is 5.11 Å². The monoisotopic (exact) mass is 397 g/mol. The van der Waals surface area contributed by atoms with Crippen molar-refractivity contribution in [1.29, 1.82) is 0 Å². The van der Waals surface area contributed by atoms with Gasteiger partial charge >= 0.3 is 12.0 Å². The van der Waals surface area contributed by atoms with Crippen LogP contribution in [0.1, 0.15) is 38.2 Å². The number of aliphatic carboxylic acids is 1. The fourth-order valence-corrected chi connectivity index (χ4v) is 4.29. The zero-order chi connectivity index (χ0) is 20.0. The number of urea groups is 1. The molecule has 0 aliphatic carbocycles. The largest absolute Gasteiger partial charge is 0.481 e. The molecule has 0 radical (unpaired) electrons. The first-order valence-electron chi connectivity index (χ1n) is 9.10. The molecule has 0 aromatic heterocycles. The second-order valence-electron chi connectivity index (χ2n) is 6.65. The lowest BCUT2D eigenvalue weighted by Crippen LogP contribution is -2.53. The van der Waals surface area contributed by atoms with E-state index in [2.05, 4.69) is 19.2 Å². The van der Waals surface area contributed by atoms with Gasteiger partial charge in [0.1, 0.15) is 0 Å². The Kier molecular flexibility index (Phi) is 7.20. The van der Waals surface area contributed by atoms with Gasteiger partial charge in [0.05, 0.1) is 11.3 Å². The van der Waals surface area contributed by atoms with Crippen LogP contribution in [0, 0.1) is 0 Å². The molecule has 27 heavy (non-hydrogen) atoms. The predicted octanol–water partition coefficient (Wildman–Crippen LogP) is 1.69. The molecule has 1 aliphatic rings. The summed E-state index contributed by atoms with van der Waals surface area (Å²) >= 11 is 0. The molecule has 1 saturated heterocycles. The summed E-state index contributed by atoms with van der Waals surface area (Å²) in [6, 6.07) is 6.62. The summed E-state index contributed by atoms with van der Waals surface area (Å²) in [4.78, 5) is 24.2. The molecule has 2 N–H and O–H groups in total. The van der Waals surface area contributed by atoms with Crippen LogP contribution in [0.25, 0.3) is 0 Å². The number of hydrogen-bond donors (Lipinski definition) is 2. The minimum absolute atomic E-state index is 0.0508. The van der Waals surface area contributed by atoms with Crippen molar-refractivity contribution in [3.63, 3.8) is 0 Å². The van der Waals surface area contributed by atoms with E-state index in [1.165, 1.54) is 9.21 Å². The Morgan fingerprint density at radius 2 is 1.74 bits per heavy atom. The van der Waals surface area contributed by atoms with E-state index in [1.807, 2.05) is 12.1 Å². The van der Waals surface area contributed by atoms with Crippen LogP contribution in [0.5, 0.6) is 0 Å². The van der Waals surface area contributed by atoms with Crippen LogP contribution < -0.4 is 5.32 Å². The highest BCUT2D eigenvalue weighted by atomic mass is 32.2. The quantitative estimate of drug-likeness (QED) is 0.728. The van der Waals surface area contributed by atoms with Crippen LogP contribution in [0.2, 0.25) is 0 Å². The fourth-order valence-electron chi connectivity index (χ4n) is 2.87. The number of carbonyl (C=O) groups excluding carboxylic acids is 1. The number of nitrogens with zero attached hydrogens (tertiary/aromatic N) is 2. The SMILES string of the molecule is CCC(C)c1ccc(S(=O)(=O)N2CCN(C(=O)NCCC(=O)O)CC2)cc1. The van der Waals surface area contributed by atoms with Gasteiger partial charge in [0, 0.05) is 32.7 Å². The van der Waals surface area contributed by atoms with Gasteiger partial charge in [0.25, 0.3) is 0 Å². The lowest BCUT2D eigenvalue weighted by Gasteiger charge is -2.34. The molecule has 0 bridgehead atoms. The molecule has 0 spiro atoms. The summed E-state index contributed by atoms with van der Waals surface area (Å²) in [5.74, 6) is -0.601. The van der Waals surface area contributed by atoms with Gasteiger partial charge in [-0.25, -0.2) is 13.2 Å². The Balaban J connectivity index is 1.94. The van der Waals surface area contributed by atoms with Gasteiger partial charge in [-0.2, -0.15) is 4.31 Å². The van der Waals surface area contributed by atoms with Gasteiger partial charge in [-0.15, -0.1) is 0 Å². The van der Waals surface area contributed by atoms with Gasteiger partial charge in [-0.3, -0.25) is 4.79 Å². The third-order valence-corrected chi connectivity index (χ3v) is 6.75. The lowest BCUT2D eigenvalue weighted by atomic mass is 9.99. The first-order chi connectivity index (χ1) is 12.8. The van der Waals surface area contributed by atoms with E-state index in [0.29, 0.717) is 5.92 Å². The summed E-state index contributed by atoms with van der Waals surface area (Å²) in [5, 5.41) is 11.1. The number of benzene rings is 1. The highest BCUT2D eigenvalue weighted by Crippen LogP contribution is 2.23. The number of sulfonamides is 1. The molecule has 2 rings (SSSR count). The fraction of sp³-hybridized carbons (Fsp3) is 0.556. The topological polar surface area (TPSA) is 107 Å². The highest BCUT2D eigenvalue weighted by molar-refractivity contribution is 7.89. The minimum Gasteiger partial charge on any atom is -0.481 e. The van der Waals surface area contributed by atoms with Crippen molar-refractivity contribution < 1.29 is 23.1 Å². The molecule has 2 amide bonds. The summed E-state index contributed by atoms with van der Waals surface area (Å²) in [5.41, 5.74) is 1.11. The summed E-state index contributed by atoms with van der Waals surface area (Å²) in [7, 11) is -3.59. The Morgan fingerprint density at radius 1 is 1.15 bits per heavy atom. The predicted molar refractivity (Wildman–Crippen MR) is 101 cm³/mol. The van der Waals surface area contributed by atoms with Crippen molar-refractivity contribution in [2.24, 2.45) is 0 Å². The maximum absolute atomic E-state index is 12.8. The van der Waals surface area contributed by atoms with Crippen LogP contribution in [-0.4, -0.2) is 67.5 Å². The van der Waals surface area contributed by atoms with E-state index >= 15 is 0 Å². The molecule has 1 fully saturated rings. The van der Waals surface area contributed by atoms with Crippen molar-refractivity contribution in [1.82, 2.24) is 14.5 Å². The van der Waals surface area contributed by atoms with Crippen molar-refractivity contribution >= 4 is 22.0 Å². The molecular formula is C18H27N3O5S. The molecular weight excluding hydrogens is 370 g/mol. The van der Waals surface area contributed by atoms with Crippen molar-refractivity contribution in [3.05, 3.63) is 29.8 Å². The van der Waals surface area contributed by atoms with Crippen LogP contribution in [0.4, 0.5) is 4.79 Å². The first-order valence-corrected chi connectivity index (χ1v) is 10.5. The second kappa shape index (κ2) is 9.18. The van der Waals surface area contributed by atoms with Gasteiger partial charge in [-0.1, -0.05) is 26.0 Å². The van der Waals surface area contributed by atoms with Gasteiger partial charge in [0.2, 0.25) is 10.0 Å². The highest BCUT2D eigenvalue weighted by Gasteiger charge is 2.30. The average Bonchev–Trinajstić information content (AvgIpc) is 2.67. The molecule has 1 heterocycles. The molecule has 1 aromatic rings. The molecule has 9 heteroatoms. The first kappa shape index (κ1) is 21.2. The molecule has 1 aromatic carbocycles. The minimum atomic E-state index is -3.59. The standard InChI is InChI=1S/C18H27N3O5S/c1-3-14(2)15-4-6-16(7-5-15)27(25,26)21-12-10-20(11-13-21)18(24)19-9-8-17(22)23/h4-7,14H,3,8-13H2,1-2H3,(H,19,24)(H,22,23). The normalized spacial score (nSPS) is 16.7. The summed E-state index contributed by atoms with van der Waals surface area (Å²) in [6.45, 7) is 5.20. The number of hydrogen-bond acceptors (Lipinski definition) is 4. The smallest absolute Gasteiger partial charge is 0.317 e. The van der Waals surface area contributed by atoms with Crippen molar-refractivity contribution in [3.8, 4) is 0 Å². The zero-order valence-corrected chi connectivity index (χ0v) is 16.5. The van der Waals surface area contributed by atoms with E-state index in [-0.39, 0.29) is 50.1 Å². The number of rotatable bonds is 7. The third-order valence-electron chi connectivity index (χ3n) is 4.84. The number of nitrogens with one attached hydrogen (secondary N) is 1. The maximum Gasteiger partial charge on any atom is 0.317 e. The third kappa shape index (κ3) is 5.43. The number of carboxylic acids is 1. The van der Waals surface area contributed by atoms with Crippen molar-refractivity contribution in [2.45, 2.75) is 37.5 Å². The molecule has 1 atom stereocenters. The Bertz CT molecular complexity index is 756. The van der Waals surface area contributed by atoms with Gasteiger partial charge in [0.15, 0.2) is 0 Å². The maximum atomic E-state index is 12.8. The van der Waals surface area contributed by atoms with E-state index in [1.54, 1.807) is 12.1 Å². The average molecular weight is 397 g/mol. The number of carboxylic acid groups (broad SMARTS) is 1. The zero-order valence-electron chi connectivity index (χ0n) is 15.7. The summed E-state index contributed by atoms with van der Waals surface area (Å²) in [6.07, 6.45) is 0.843. The molecule has 1 aliphatic heterocycles. The Labute approximate surface area is 160 Å². The molecule has 8 nitrogen and oxygen atoms in total. The lowest BCUT2D eigenvalue weighted by molar-refractivity contribution is -0.136. The van der Waals surface area contributed by atoms with Crippen LogP contribution in [0.15, 0.2) is 29.2 Å². The Morgan fingerprint density at radius 3 is 2.26 bits per heavy atom. The molecule has 0 saturated carbocycles. The van der Waals surface area contributed by atoms with Crippen LogP contribution >= 0.6 is 0 Å². The van der Waals surface area contributed by atoms with Gasteiger partial charge < -0.3 is 15.3 Å². The van der Waals surface area contributed by atoms with E-state index in [9.17, 15) is 18.0 Å². The van der Waals surface area contributed by atoms with Gasteiger partial charge in [-0.05, 0) is 30.0 Å². The Hall–Kier alpha value is -2.13. The van der Waals surface area contributed by atoms with E-state index < -0.39 is 16.0 Å². The molecule has 1 unspecified atom stereocenters. The number of amides is 2. The second-order valence-corrected chi connectivity index (χ2v) is 8.58. The number of carbonyl (C=O) groups is 2. The van der Waals surface area contributed by atoms with E-state index in [0.717, 1.165) is 12.0 Å². The molecule has 150 valence electrons. The van der Waals surface area contributed by atoms with Crippen molar-refractivity contribution in [2.75, 3.05) is 32.7 Å². The number of piperazine rings is 1. The summed E-state index contributed by atoms with van der Waals surface area (Å²) < 4.78 is 27.0. The van der Waals surface area contributed by atoms with Crippen LogP contribution in [-0.2, 0) is 14.8 Å².